The van der Waals surface area contributed by atoms with Crippen LogP contribution in [0.2, 0.25) is 0 Å². The lowest BCUT2D eigenvalue weighted by molar-refractivity contribution is -0.137. The molecule has 0 saturated carbocycles. The van der Waals surface area contributed by atoms with E-state index in [0.717, 1.165) is 24.1 Å². The Hall–Kier alpha value is -2.10. The number of carboxylic acids is 1. The SMILES string of the molecule is C=C1c2ccccc2C(=O)N1CCC(CC)CCC(=O)O. The molecule has 0 bridgehead atoms. The van der Waals surface area contributed by atoms with Gasteiger partial charge in [0.05, 0.1) is 0 Å². The van der Waals surface area contributed by atoms with Gasteiger partial charge in [-0.3, -0.25) is 9.59 Å². The van der Waals surface area contributed by atoms with Gasteiger partial charge in [0.1, 0.15) is 0 Å². The summed E-state index contributed by atoms with van der Waals surface area (Å²) in [5.74, 6) is -0.434. The van der Waals surface area contributed by atoms with Gasteiger partial charge >= 0.3 is 5.97 Å². The summed E-state index contributed by atoms with van der Waals surface area (Å²) in [7, 11) is 0. The minimum Gasteiger partial charge on any atom is -0.481 e. The van der Waals surface area contributed by atoms with E-state index in [4.69, 9.17) is 5.11 Å². The number of nitrogens with zero attached hydrogens (tertiary/aromatic N) is 1. The van der Waals surface area contributed by atoms with Crippen molar-refractivity contribution in [2.24, 2.45) is 5.92 Å². The zero-order valence-electron chi connectivity index (χ0n) is 12.3. The summed E-state index contributed by atoms with van der Waals surface area (Å²) in [5.41, 5.74) is 2.37. The van der Waals surface area contributed by atoms with Gasteiger partial charge in [-0.25, -0.2) is 0 Å². The first-order valence-corrected chi connectivity index (χ1v) is 7.36. The second-order valence-corrected chi connectivity index (χ2v) is 5.44. The number of benzene rings is 1. The Labute approximate surface area is 125 Å². The number of amides is 1. The first-order chi connectivity index (χ1) is 10.0. The minimum atomic E-state index is -0.762. The van der Waals surface area contributed by atoms with E-state index in [1.807, 2.05) is 24.3 Å². The van der Waals surface area contributed by atoms with E-state index in [0.29, 0.717) is 24.4 Å². The van der Waals surface area contributed by atoms with Gasteiger partial charge in [0, 0.05) is 29.8 Å². The molecule has 21 heavy (non-hydrogen) atoms. The minimum absolute atomic E-state index is 0.00341. The summed E-state index contributed by atoms with van der Waals surface area (Å²) in [4.78, 5) is 24.7. The highest BCUT2D eigenvalue weighted by atomic mass is 16.4. The number of fused-ring (bicyclic) bond motifs is 1. The molecule has 1 N–H and O–H groups in total. The summed E-state index contributed by atoms with van der Waals surface area (Å²) in [5, 5.41) is 8.76. The van der Waals surface area contributed by atoms with E-state index < -0.39 is 5.97 Å². The molecule has 0 aromatic heterocycles. The van der Waals surface area contributed by atoms with Crippen LogP contribution < -0.4 is 0 Å². The van der Waals surface area contributed by atoms with Crippen LogP contribution in [0.5, 0.6) is 0 Å². The fourth-order valence-corrected chi connectivity index (χ4v) is 2.76. The highest BCUT2D eigenvalue weighted by Gasteiger charge is 2.30. The predicted molar refractivity (Wildman–Crippen MR) is 81.8 cm³/mol. The number of carboxylic acid groups (broad SMARTS) is 1. The largest absolute Gasteiger partial charge is 0.481 e. The van der Waals surface area contributed by atoms with Crippen molar-refractivity contribution in [1.82, 2.24) is 4.90 Å². The van der Waals surface area contributed by atoms with E-state index in [9.17, 15) is 9.59 Å². The lowest BCUT2D eigenvalue weighted by Gasteiger charge is -2.21. The number of aliphatic carboxylic acids is 1. The lowest BCUT2D eigenvalue weighted by atomic mass is 9.96. The molecular weight excluding hydrogens is 266 g/mol. The fraction of sp³-hybridized carbons (Fsp3) is 0.412. The maximum Gasteiger partial charge on any atom is 0.303 e. The molecule has 112 valence electrons. The van der Waals surface area contributed by atoms with Crippen LogP contribution in [0, 0.1) is 5.92 Å². The van der Waals surface area contributed by atoms with Gasteiger partial charge in [0.15, 0.2) is 0 Å². The van der Waals surface area contributed by atoms with Crippen molar-refractivity contribution in [2.75, 3.05) is 6.54 Å². The summed E-state index contributed by atoms with van der Waals surface area (Å²) >= 11 is 0. The molecule has 1 atom stereocenters. The van der Waals surface area contributed by atoms with Gasteiger partial charge in [0.2, 0.25) is 0 Å². The van der Waals surface area contributed by atoms with Gasteiger partial charge in [-0.15, -0.1) is 0 Å². The molecule has 0 fully saturated rings. The number of hydrogen-bond acceptors (Lipinski definition) is 2. The summed E-state index contributed by atoms with van der Waals surface area (Å²) in [6.07, 6.45) is 2.58. The lowest BCUT2D eigenvalue weighted by Crippen LogP contribution is -2.25. The van der Waals surface area contributed by atoms with Crippen LogP contribution in [-0.2, 0) is 4.79 Å². The fourth-order valence-electron chi connectivity index (χ4n) is 2.76. The van der Waals surface area contributed by atoms with Crippen LogP contribution in [0.3, 0.4) is 0 Å². The molecule has 0 spiro atoms. The van der Waals surface area contributed by atoms with Crippen LogP contribution >= 0.6 is 0 Å². The molecule has 2 rings (SSSR count). The average molecular weight is 287 g/mol. The molecule has 1 aromatic carbocycles. The van der Waals surface area contributed by atoms with E-state index in [1.54, 1.807) is 4.90 Å². The quantitative estimate of drug-likeness (QED) is 0.836. The molecule has 0 aliphatic carbocycles. The Morgan fingerprint density at radius 3 is 2.52 bits per heavy atom. The molecule has 1 aliphatic heterocycles. The van der Waals surface area contributed by atoms with Crippen LogP contribution in [0.4, 0.5) is 0 Å². The summed E-state index contributed by atoms with van der Waals surface area (Å²) < 4.78 is 0. The Balaban J connectivity index is 1.97. The van der Waals surface area contributed by atoms with Crippen molar-refractivity contribution in [3.8, 4) is 0 Å². The zero-order chi connectivity index (χ0) is 15.4. The molecule has 4 heteroatoms. The molecule has 0 saturated heterocycles. The second-order valence-electron chi connectivity index (χ2n) is 5.44. The van der Waals surface area contributed by atoms with Crippen molar-refractivity contribution in [3.05, 3.63) is 42.0 Å². The van der Waals surface area contributed by atoms with Crippen molar-refractivity contribution >= 4 is 17.6 Å². The van der Waals surface area contributed by atoms with Crippen LogP contribution in [0.25, 0.3) is 5.70 Å². The van der Waals surface area contributed by atoms with Crippen molar-refractivity contribution in [2.45, 2.75) is 32.6 Å². The normalized spacial score (nSPS) is 15.2. The van der Waals surface area contributed by atoms with Gasteiger partial charge in [-0.2, -0.15) is 0 Å². The monoisotopic (exact) mass is 287 g/mol. The third-order valence-corrected chi connectivity index (χ3v) is 4.14. The van der Waals surface area contributed by atoms with Gasteiger partial charge < -0.3 is 10.0 Å². The first kappa shape index (κ1) is 15.3. The highest BCUT2D eigenvalue weighted by molar-refractivity contribution is 6.08. The topological polar surface area (TPSA) is 57.6 Å². The molecule has 1 aromatic rings. The van der Waals surface area contributed by atoms with E-state index in [-0.39, 0.29) is 12.3 Å². The van der Waals surface area contributed by atoms with Crippen LogP contribution in [0.15, 0.2) is 30.8 Å². The van der Waals surface area contributed by atoms with Crippen LogP contribution in [0.1, 0.15) is 48.5 Å². The van der Waals surface area contributed by atoms with Crippen LogP contribution in [-0.4, -0.2) is 28.4 Å². The van der Waals surface area contributed by atoms with Crippen molar-refractivity contribution in [3.63, 3.8) is 0 Å². The molecule has 1 unspecified atom stereocenters. The number of carbonyl (C=O) groups is 2. The Morgan fingerprint density at radius 1 is 1.29 bits per heavy atom. The Bertz CT molecular complexity index is 530. The molecule has 1 heterocycles. The molecular formula is C17H21NO3. The maximum atomic E-state index is 12.3. The standard InChI is InChI=1S/C17H21NO3/c1-3-13(8-9-16(19)20)10-11-18-12(2)14-6-4-5-7-15(14)17(18)21/h4-7,13H,2-3,8-11H2,1H3,(H,19,20). The van der Waals surface area contributed by atoms with E-state index in [1.165, 1.54) is 0 Å². The summed E-state index contributed by atoms with van der Waals surface area (Å²) in [6, 6.07) is 7.50. The van der Waals surface area contributed by atoms with Gasteiger partial charge in [-0.05, 0) is 24.8 Å². The molecule has 1 amide bonds. The third kappa shape index (κ3) is 3.32. The van der Waals surface area contributed by atoms with E-state index >= 15 is 0 Å². The smallest absolute Gasteiger partial charge is 0.303 e. The average Bonchev–Trinajstić information content (AvgIpc) is 2.72. The highest BCUT2D eigenvalue weighted by Crippen LogP contribution is 2.32. The van der Waals surface area contributed by atoms with E-state index in [2.05, 4.69) is 13.5 Å². The molecule has 1 aliphatic rings. The number of rotatable bonds is 7. The van der Waals surface area contributed by atoms with Gasteiger partial charge in [-0.1, -0.05) is 38.1 Å². The second kappa shape index (κ2) is 6.57. The predicted octanol–water partition coefficient (Wildman–Crippen LogP) is 3.39. The Kier molecular flexibility index (Phi) is 4.78. The molecule has 4 nitrogen and oxygen atoms in total. The summed E-state index contributed by atoms with van der Waals surface area (Å²) in [6.45, 7) is 6.68. The number of hydrogen-bond donors (Lipinski definition) is 1. The molecule has 0 radical (unpaired) electrons. The van der Waals surface area contributed by atoms with Crippen molar-refractivity contribution in [1.29, 1.82) is 0 Å². The Morgan fingerprint density at radius 2 is 1.95 bits per heavy atom. The van der Waals surface area contributed by atoms with Crippen molar-refractivity contribution < 1.29 is 14.7 Å². The number of carbonyl (C=O) groups excluding carboxylic acids is 1. The van der Waals surface area contributed by atoms with Gasteiger partial charge in [0.25, 0.3) is 5.91 Å². The zero-order valence-corrected chi connectivity index (χ0v) is 12.3. The first-order valence-electron chi connectivity index (χ1n) is 7.36. The maximum absolute atomic E-state index is 12.3. The third-order valence-electron chi connectivity index (χ3n) is 4.14.